The fourth-order valence-corrected chi connectivity index (χ4v) is 3.31. The highest BCUT2D eigenvalue weighted by Crippen LogP contribution is 2.23. The maximum atomic E-state index is 11.5. The first-order valence-corrected chi connectivity index (χ1v) is 10.3. The lowest BCUT2D eigenvalue weighted by Gasteiger charge is -2.00. The molecule has 0 unspecified atom stereocenters. The third-order valence-corrected chi connectivity index (χ3v) is 5.26. The van der Waals surface area contributed by atoms with Gasteiger partial charge in [0.05, 0.1) is 13.2 Å². The van der Waals surface area contributed by atoms with E-state index in [4.69, 9.17) is 33.0 Å². The Hall–Kier alpha value is -0.0700. The Kier molecular flexibility index (Phi) is 16.4. The van der Waals surface area contributed by atoms with Crippen LogP contribution in [0.4, 0.5) is 0 Å². The van der Waals surface area contributed by atoms with Crippen LogP contribution in [0.3, 0.4) is 0 Å². The molecule has 0 aliphatic rings. The van der Waals surface area contributed by atoms with Crippen molar-refractivity contribution in [1.82, 2.24) is 3.96 Å². The second kappa shape index (κ2) is 16.4. The molecule has 0 atom stereocenters. The average molecular weight is 400 g/mol. The molecule has 0 saturated heterocycles. The molecule has 7 heteroatoms. The van der Waals surface area contributed by atoms with Crippen molar-refractivity contribution in [2.75, 3.05) is 19.8 Å². The topological polar surface area (TPSA) is 51.5 Å². The van der Waals surface area contributed by atoms with Crippen molar-refractivity contribution in [1.29, 1.82) is 0 Å². The van der Waals surface area contributed by atoms with Crippen LogP contribution in [-0.4, -0.2) is 28.9 Å². The SMILES string of the molecule is CCCCCCCCn1sc(Cl)c(Cl)c1=O.CCCCOCCO. The lowest BCUT2D eigenvalue weighted by molar-refractivity contribution is 0.0904. The molecule has 0 radical (unpaired) electrons. The zero-order chi connectivity index (χ0) is 18.2. The predicted octanol–water partition coefficient (Wildman–Crippen LogP) is 5.37. The van der Waals surface area contributed by atoms with Crippen LogP contribution in [0.25, 0.3) is 0 Å². The summed E-state index contributed by atoms with van der Waals surface area (Å²) in [4.78, 5) is 11.5. The first-order valence-electron chi connectivity index (χ1n) is 8.82. The Morgan fingerprint density at radius 3 is 2.17 bits per heavy atom. The maximum Gasteiger partial charge on any atom is 0.280 e. The Morgan fingerprint density at radius 1 is 1.00 bits per heavy atom. The van der Waals surface area contributed by atoms with Gasteiger partial charge < -0.3 is 9.84 Å². The summed E-state index contributed by atoms with van der Waals surface area (Å²) >= 11 is 12.8. The van der Waals surface area contributed by atoms with E-state index in [2.05, 4.69) is 13.8 Å². The molecule has 0 aromatic carbocycles. The summed E-state index contributed by atoms with van der Waals surface area (Å²) in [6, 6.07) is 0. The summed E-state index contributed by atoms with van der Waals surface area (Å²) < 4.78 is 7.02. The number of aliphatic hydroxyl groups is 1. The van der Waals surface area contributed by atoms with Gasteiger partial charge in [0.2, 0.25) is 0 Å². The van der Waals surface area contributed by atoms with Crippen molar-refractivity contribution < 1.29 is 9.84 Å². The summed E-state index contributed by atoms with van der Waals surface area (Å²) in [5, 5.41) is 8.41. The zero-order valence-electron chi connectivity index (χ0n) is 14.9. The van der Waals surface area contributed by atoms with Crippen LogP contribution in [0.1, 0.15) is 65.2 Å². The molecule has 1 N–H and O–H groups in total. The van der Waals surface area contributed by atoms with E-state index in [9.17, 15) is 4.79 Å². The van der Waals surface area contributed by atoms with Gasteiger partial charge in [-0.1, -0.05) is 75.6 Å². The van der Waals surface area contributed by atoms with Crippen LogP contribution in [0.15, 0.2) is 4.79 Å². The molecule has 24 heavy (non-hydrogen) atoms. The Morgan fingerprint density at radius 2 is 1.62 bits per heavy atom. The van der Waals surface area contributed by atoms with Crippen LogP contribution in [0.5, 0.6) is 0 Å². The van der Waals surface area contributed by atoms with Gasteiger partial charge in [0.15, 0.2) is 0 Å². The monoisotopic (exact) mass is 399 g/mol. The fourth-order valence-electron chi connectivity index (χ4n) is 1.97. The molecule has 1 aromatic heterocycles. The van der Waals surface area contributed by atoms with Gasteiger partial charge in [0, 0.05) is 13.2 Å². The van der Waals surface area contributed by atoms with Crippen LogP contribution >= 0.6 is 34.7 Å². The molecule has 0 saturated carbocycles. The highest BCUT2D eigenvalue weighted by atomic mass is 35.5. The minimum Gasteiger partial charge on any atom is -0.394 e. The van der Waals surface area contributed by atoms with E-state index >= 15 is 0 Å². The smallest absolute Gasteiger partial charge is 0.280 e. The summed E-state index contributed by atoms with van der Waals surface area (Å²) in [6.45, 7) is 6.47. The van der Waals surface area contributed by atoms with Crippen molar-refractivity contribution in [2.24, 2.45) is 0 Å². The quantitative estimate of drug-likeness (QED) is 0.480. The lowest BCUT2D eigenvalue weighted by Crippen LogP contribution is -2.13. The van der Waals surface area contributed by atoms with Gasteiger partial charge in [-0.25, -0.2) is 0 Å². The van der Waals surface area contributed by atoms with E-state index in [1.54, 1.807) is 3.96 Å². The molecule has 1 rings (SSSR count). The van der Waals surface area contributed by atoms with Gasteiger partial charge in [-0.2, -0.15) is 0 Å². The molecule has 0 aliphatic carbocycles. The Balaban J connectivity index is 0.000000561. The minimum absolute atomic E-state index is 0.143. The number of hydrogen-bond acceptors (Lipinski definition) is 4. The first-order chi connectivity index (χ1) is 11.6. The van der Waals surface area contributed by atoms with E-state index in [0.717, 1.165) is 32.4 Å². The second-order valence-electron chi connectivity index (χ2n) is 5.54. The number of halogens is 2. The molecular formula is C17H31Cl2NO3S. The number of aryl methyl sites for hydroxylation is 1. The summed E-state index contributed by atoms with van der Waals surface area (Å²) in [5.41, 5.74) is -0.148. The summed E-state index contributed by atoms with van der Waals surface area (Å²) in [7, 11) is 0. The second-order valence-corrected chi connectivity index (χ2v) is 7.56. The van der Waals surface area contributed by atoms with Crippen molar-refractivity contribution in [3.8, 4) is 0 Å². The van der Waals surface area contributed by atoms with Crippen molar-refractivity contribution >= 4 is 34.7 Å². The molecule has 0 aliphatic heterocycles. The highest BCUT2D eigenvalue weighted by molar-refractivity contribution is 7.11. The Labute approximate surface area is 159 Å². The highest BCUT2D eigenvalue weighted by Gasteiger charge is 2.10. The predicted molar refractivity (Wildman–Crippen MR) is 105 cm³/mol. The van der Waals surface area contributed by atoms with Crippen LogP contribution < -0.4 is 5.56 Å². The molecule has 0 fully saturated rings. The third kappa shape index (κ3) is 11.5. The first kappa shape index (κ1) is 23.9. The van der Waals surface area contributed by atoms with Crippen LogP contribution in [-0.2, 0) is 11.3 Å². The summed E-state index contributed by atoms with van der Waals surface area (Å²) in [5.74, 6) is 0. The van der Waals surface area contributed by atoms with Gasteiger partial charge in [-0.3, -0.25) is 8.75 Å². The maximum absolute atomic E-state index is 11.5. The number of aliphatic hydroxyl groups excluding tert-OH is 1. The van der Waals surface area contributed by atoms with E-state index in [1.165, 1.54) is 43.6 Å². The van der Waals surface area contributed by atoms with Crippen molar-refractivity contribution in [3.63, 3.8) is 0 Å². The van der Waals surface area contributed by atoms with Crippen LogP contribution in [0, 0.1) is 0 Å². The largest absolute Gasteiger partial charge is 0.394 e. The fraction of sp³-hybridized carbons (Fsp3) is 0.824. The van der Waals surface area contributed by atoms with E-state index in [-0.39, 0.29) is 17.2 Å². The van der Waals surface area contributed by atoms with Crippen molar-refractivity contribution in [3.05, 3.63) is 19.7 Å². The average Bonchev–Trinajstić information content (AvgIpc) is 2.82. The number of nitrogens with zero attached hydrogens (tertiary/aromatic N) is 1. The van der Waals surface area contributed by atoms with E-state index in [1.807, 2.05) is 0 Å². The number of hydrogen-bond donors (Lipinski definition) is 1. The molecule has 142 valence electrons. The van der Waals surface area contributed by atoms with Gasteiger partial charge in [0.1, 0.15) is 9.36 Å². The van der Waals surface area contributed by atoms with Gasteiger partial charge in [-0.15, -0.1) is 0 Å². The van der Waals surface area contributed by atoms with Gasteiger partial charge in [0.25, 0.3) is 5.56 Å². The van der Waals surface area contributed by atoms with E-state index in [0.29, 0.717) is 10.9 Å². The number of ether oxygens (including phenoxy) is 1. The number of unbranched alkanes of at least 4 members (excludes halogenated alkanes) is 6. The molecule has 1 heterocycles. The van der Waals surface area contributed by atoms with E-state index < -0.39 is 0 Å². The van der Waals surface area contributed by atoms with Gasteiger partial charge >= 0.3 is 0 Å². The van der Waals surface area contributed by atoms with Gasteiger partial charge in [-0.05, 0) is 24.4 Å². The lowest BCUT2D eigenvalue weighted by atomic mass is 10.1. The number of aromatic nitrogens is 1. The number of rotatable bonds is 12. The molecule has 1 aromatic rings. The van der Waals surface area contributed by atoms with Crippen LogP contribution in [0.2, 0.25) is 9.36 Å². The molecule has 0 bridgehead atoms. The normalized spacial score (nSPS) is 10.5. The third-order valence-electron chi connectivity index (χ3n) is 3.37. The molecule has 0 amide bonds. The summed E-state index contributed by atoms with van der Waals surface area (Å²) in [6.07, 6.45) is 9.54. The van der Waals surface area contributed by atoms with Crippen molar-refractivity contribution in [2.45, 2.75) is 71.8 Å². The molecular weight excluding hydrogens is 369 g/mol. The Bertz CT molecular complexity index is 457. The zero-order valence-corrected chi connectivity index (χ0v) is 17.2. The minimum atomic E-state index is -0.148. The molecule has 4 nitrogen and oxygen atoms in total. The molecule has 0 spiro atoms. The standard InChI is InChI=1S/C11H17Cl2NOS.C6H14O2/c1-2-3-4-5-6-7-8-14-11(15)9(12)10(13)16-14;1-2-3-5-8-6-4-7/h2-8H2,1H3;7H,2-6H2,1H3.